The number of ether oxygens (including phenoxy) is 1. The quantitative estimate of drug-likeness (QED) is 0.306. The van der Waals surface area contributed by atoms with Crippen molar-refractivity contribution in [1.82, 2.24) is 19.5 Å². The molecule has 2 aromatic rings. The maximum absolute atomic E-state index is 11.0. The molecule has 1 aliphatic heterocycles. The first kappa shape index (κ1) is 20.8. The van der Waals surface area contributed by atoms with Crippen molar-refractivity contribution < 1.29 is 33.8 Å². The fourth-order valence-corrected chi connectivity index (χ4v) is 3.46. The van der Waals surface area contributed by atoms with E-state index in [9.17, 15) is 14.8 Å². The van der Waals surface area contributed by atoms with Gasteiger partial charge in [0.1, 0.15) is 30.2 Å². The highest BCUT2D eigenvalue weighted by Gasteiger charge is 2.56. The maximum atomic E-state index is 11.0. The molecule has 0 radical (unpaired) electrons. The summed E-state index contributed by atoms with van der Waals surface area (Å²) in [4.78, 5) is 30.0. The largest absolute Gasteiger partial charge is 0.469 e. The van der Waals surface area contributed by atoms with Crippen molar-refractivity contribution in [2.75, 3.05) is 12.3 Å². The molecule has 12 nitrogen and oxygen atoms in total. The molecular weight excluding hydrogens is 393 g/mol. The Balaban J connectivity index is 2.06. The fraction of sp³-hybridized carbons (Fsp3) is 0.533. The van der Waals surface area contributed by atoms with Gasteiger partial charge in [0, 0.05) is 6.42 Å². The first-order valence-electron chi connectivity index (χ1n) is 8.36. The Morgan fingerprint density at radius 3 is 2.75 bits per heavy atom. The first-order chi connectivity index (χ1) is 13.0. The van der Waals surface area contributed by atoms with Gasteiger partial charge in [-0.2, -0.15) is 0 Å². The van der Waals surface area contributed by atoms with Gasteiger partial charge in [-0.15, -0.1) is 0 Å². The number of phosphoric ester groups is 1. The second kappa shape index (κ2) is 7.48. The molecule has 0 spiro atoms. The van der Waals surface area contributed by atoms with Gasteiger partial charge in [0.25, 0.3) is 0 Å². The molecular formula is C15H22N5O7P. The van der Waals surface area contributed by atoms with Crippen LogP contribution in [-0.2, 0) is 19.6 Å². The van der Waals surface area contributed by atoms with Gasteiger partial charge in [-0.1, -0.05) is 11.6 Å². The number of fused-ring (bicyclic) bond motifs is 1. The second-order valence-electron chi connectivity index (χ2n) is 6.75. The number of aliphatic hydroxyl groups excluding tert-OH is 2. The number of nitrogens with zero attached hydrogens (tertiary/aromatic N) is 4. The summed E-state index contributed by atoms with van der Waals surface area (Å²) in [7, 11) is -4.78. The number of nitrogen functional groups attached to an aromatic ring is 1. The average Bonchev–Trinajstić information content (AvgIpc) is 3.14. The molecule has 154 valence electrons. The number of nitrogens with two attached hydrogens (primary N) is 1. The molecule has 13 heteroatoms. The van der Waals surface area contributed by atoms with Gasteiger partial charge >= 0.3 is 7.82 Å². The van der Waals surface area contributed by atoms with Crippen molar-refractivity contribution >= 4 is 24.8 Å². The number of aliphatic hydroxyl groups is 2. The third kappa shape index (κ3) is 3.80. The summed E-state index contributed by atoms with van der Waals surface area (Å²) < 4.78 is 22.8. The monoisotopic (exact) mass is 415 g/mol. The van der Waals surface area contributed by atoms with Crippen LogP contribution in [0.15, 0.2) is 24.3 Å². The Labute approximate surface area is 159 Å². The Morgan fingerprint density at radius 2 is 2.11 bits per heavy atom. The Kier molecular flexibility index (Phi) is 5.56. The molecule has 6 N–H and O–H groups in total. The van der Waals surface area contributed by atoms with E-state index in [4.69, 9.17) is 20.3 Å². The molecule has 28 heavy (non-hydrogen) atoms. The standard InChI is InChI=1S/C15H22N5O7P/c1-8(2)3-4-15(20-7-19-10-13(16)17-6-18-14(10)20)12(22)11(21)9(27-15)5-26-28(23,24)25/h3,6-7,9,11-12,21-22H,4-5H2,1-2H3,(H2,16,17,18)(H2,23,24,25)/t9-,11-,12-,15-/m1/s1. The number of hydrogen-bond donors (Lipinski definition) is 5. The third-order valence-corrected chi connectivity index (χ3v) is 4.99. The lowest BCUT2D eigenvalue weighted by atomic mass is 9.98. The van der Waals surface area contributed by atoms with E-state index in [2.05, 4.69) is 19.5 Å². The highest BCUT2D eigenvalue weighted by Crippen LogP contribution is 2.43. The van der Waals surface area contributed by atoms with E-state index in [0.29, 0.717) is 5.52 Å². The van der Waals surface area contributed by atoms with Crippen LogP contribution in [0.5, 0.6) is 0 Å². The fourth-order valence-electron chi connectivity index (χ4n) is 3.12. The van der Waals surface area contributed by atoms with Crippen molar-refractivity contribution in [2.24, 2.45) is 0 Å². The van der Waals surface area contributed by atoms with Crippen molar-refractivity contribution in [1.29, 1.82) is 0 Å². The molecule has 0 saturated carbocycles. The van der Waals surface area contributed by atoms with Crippen LogP contribution in [0.25, 0.3) is 11.2 Å². The Bertz CT molecular complexity index is 940. The van der Waals surface area contributed by atoms with Crippen molar-refractivity contribution in [3.63, 3.8) is 0 Å². The summed E-state index contributed by atoms with van der Waals surface area (Å²) in [5.41, 5.74) is 5.77. The molecule has 2 aromatic heterocycles. The van der Waals surface area contributed by atoms with Gasteiger partial charge in [-0.25, -0.2) is 19.5 Å². The molecule has 0 amide bonds. The first-order valence-corrected chi connectivity index (χ1v) is 9.89. The van der Waals surface area contributed by atoms with Gasteiger partial charge in [-0.05, 0) is 13.8 Å². The van der Waals surface area contributed by atoms with Crippen LogP contribution in [0, 0.1) is 0 Å². The lowest BCUT2D eigenvalue weighted by molar-refractivity contribution is -0.142. The topological polar surface area (TPSA) is 186 Å². The summed E-state index contributed by atoms with van der Waals surface area (Å²) in [5, 5.41) is 21.3. The van der Waals surface area contributed by atoms with E-state index in [0.717, 1.165) is 5.57 Å². The van der Waals surface area contributed by atoms with Crippen molar-refractivity contribution in [2.45, 2.75) is 44.3 Å². The lowest BCUT2D eigenvalue weighted by Gasteiger charge is -2.33. The summed E-state index contributed by atoms with van der Waals surface area (Å²) in [6.45, 7) is 3.08. The molecule has 1 fully saturated rings. The minimum absolute atomic E-state index is 0.120. The lowest BCUT2D eigenvalue weighted by Crippen LogP contribution is -2.45. The zero-order valence-electron chi connectivity index (χ0n) is 15.2. The van der Waals surface area contributed by atoms with Crippen LogP contribution in [0.2, 0.25) is 0 Å². The number of allylic oxidation sites excluding steroid dienone is 1. The van der Waals surface area contributed by atoms with Crippen LogP contribution in [0.3, 0.4) is 0 Å². The van der Waals surface area contributed by atoms with Gasteiger partial charge in [-0.3, -0.25) is 9.09 Å². The molecule has 0 unspecified atom stereocenters. The molecule has 0 bridgehead atoms. The van der Waals surface area contributed by atoms with Crippen LogP contribution in [0.4, 0.5) is 5.82 Å². The summed E-state index contributed by atoms with van der Waals surface area (Å²) >= 11 is 0. The number of hydrogen-bond acceptors (Lipinski definition) is 9. The van der Waals surface area contributed by atoms with E-state index < -0.39 is 38.5 Å². The van der Waals surface area contributed by atoms with Crippen LogP contribution >= 0.6 is 7.82 Å². The van der Waals surface area contributed by atoms with Crippen molar-refractivity contribution in [3.8, 4) is 0 Å². The minimum Gasteiger partial charge on any atom is -0.387 e. The summed E-state index contributed by atoms with van der Waals surface area (Å²) in [5.74, 6) is 0.135. The predicted octanol–water partition coefficient (Wildman–Crippen LogP) is -0.353. The summed E-state index contributed by atoms with van der Waals surface area (Å²) in [6.07, 6.45) is 0.349. The second-order valence-corrected chi connectivity index (χ2v) is 7.99. The smallest absolute Gasteiger partial charge is 0.387 e. The van der Waals surface area contributed by atoms with E-state index in [1.165, 1.54) is 17.2 Å². The van der Waals surface area contributed by atoms with Gasteiger partial charge < -0.3 is 30.5 Å². The zero-order chi connectivity index (χ0) is 20.7. The highest BCUT2D eigenvalue weighted by atomic mass is 31.2. The minimum atomic E-state index is -4.78. The number of aromatic nitrogens is 4. The van der Waals surface area contributed by atoms with E-state index in [-0.39, 0.29) is 17.9 Å². The molecule has 0 aliphatic carbocycles. The molecule has 3 heterocycles. The molecule has 1 aliphatic rings. The highest BCUT2D eigenvalue weighted by molar-refractivity contribution is 7.46. The van der Waals surface area contributed by atoms with E-state index in [1.807, 2.05) is 13.8 Å². The number of rotatable bonds is 6. The number of phosphoric acid groups is 1. The molecule has 3 rings (SSSR count). The van der Waals surface area contributed by atoms with Gasteiger partial charge in [0.05, 0.1) is 12.9 Å². The van der Waals surface area contributed by atoms with Crippen LogP contribution in [0.1, 0.15) is 20.3 Å². The number of anilines is 1. The van der Waals surface area contributed by atoms with Crippen molar-refractivity contribution in [3.05, 3.63) is 24.3 Å². The van der Waals surface area contributed by atoms with Gasteiger partial charge in [0.2, 0.25) is 0 Å². The SMILES string of the molecule is CC(C)=CC[C@@]1(n2cnc3c(N)ncnc32)O[C@H](COP(=O)(O)O)[C@@H](O)[C@H]1O. The summed E-state index contributed by atoms with van der Waals surface area (Å²) in [6, 6.07) is 0. The predicted molar refractivity (Wildman–Crippen MR) is 96.6 cm³/mol. The van der Waals surface area contributed by atoms with Crippen LogP contribution in [-0.4, -0.2) is 64.4 Å². The molecule has 0 aromatic carbocycles. The molecule has 1 saturated heterocycles. The third-order valence-electron chi connectivity index (χ3n) is 4.50. The Morgan fingerprint density at radius 1 is 1.39 bits per heavy atom. The maximum Gasteiger partial charge on any atom is 0.469 e. The van der Waals surface area contributed by atoms with Crippen LogP contribution < -0.4 is 5.73 Å². The normalized spacial score (nSPS) is 28.0. The van der Waals surface area contributed by atoms with E-state index >= 15 is 0 Å². The Hall–Kier alpha value is -1.92. The van der Waals surface area contributed by atoms with Gasteiger partial charge in [0.15, 0.2) is 17.2 Å². The zero-order valence-corrected chi connectivity index (χ0v) is 16.1. The average molecular weight is 415 g/mol. The number of imidazole rings is 1. The molecule has 4 atom stereocenters. The van der Waals surface area contributed by atoms with E-state index in [1.54, 1.807) is 6.08 Å².